The summed E-state index contributed by atoms with van der Waals surface area (Å²) in [7, 11) is 1.37. The average molecular weight is 404 g/mol. The van der Waals surface area contributed by atoms with Crippen LogP contribution in [0, 0.1) is 11.6 Å². The van der Waals surface area contributed by atoms with Gasteiger partial charge in [-0.3, -0.25) is 0 Å². The molecule has 0 aliphatic carbocycles. The molecule has 0 amide bonds. The van der Waals surface area contributed by atoms with Crippen molar-refractivity contribution in [2.45, 2.75) is 19.8 Å². The van der Waals surface area contributed by atoms with Gasteiger partial charge in [0.2, 0.25) is 5.82 Å². The first-order valence-electron chi connectivity index (χ1n) is 8.66. The van der Waals surface area contributed by atoms with E-state index in [1.54, 1.807) is 12.2 Å². The highest BCUT2D eigenvalue weighted by Gasteiger charge is 2.12. The topological polar surface area (TPSA) is 29.5 Å². The number of aryl methyl sites for hydroxylation is 1. The predicted molar refractivity (Wildman–Crippen MR) is 114 cm³/mol. The van der Waals surface area contributed by atoms with Crippen molar-refractivity contribution in [3.05, 3.63) is 115 Å². The van der Waals surface area contributed by atoms with E-state index in [1.165, 1.54) is 19.3 Å². The molecule has 0 aromatic heterocycles. The van der Waals surface area contributed by atoms with Gasteiger partial charge in [-0.25, -0.2) is 8.78 Å². The molecule has 1 aromatic carbocycles. The van der Waals surface area contributed by atoms with E-state index in [9.17, 15) is 13.2 Å². The molecule has 1 N–H and O–H groups in total. The summed E-state index contributed by atoms with van der Waals surface area (Å²) in [4.78, 5) is 0. The van der Waals surface area contributed by atoms with E-state index in [2.05, 4.69) is 32.9 Å². The fraction of sp³-hybridized carbons (Fsp3) is 0.167. The zero-order valence-electron chi connectivity index (χ0n) is 16.9. The summed E-state index contributed by atoms with van der Waals surface area (Å²) in [6, 6.07) is 2.41. The maximum atomic E-state index is 13.9. The highest BCUT2D eigenvalue weighted by molar-refractivity contribution is 5.48. The molecule has 0 spiro atoms. The largest absolute Gasteiger partial charge is 0.505 e. The third kappa shape index (κ3) is 9.02. The number of allylic oxidation sites excluding steroid dienone is 8. The lowest BCUT2D eigenvalue weighted by Crippen LogP contribution is -1.95. The van der Waals surface area contributed by atoms with Crippen molar-refractivity contribution in [3.8, 4) is 5.75 Å². The third-order valence-electron chi connectivity index (χ3n) is 3.60. The second kappa shape index (κ2) is 13.0. The predicted octanol–water partition coefficient (Wildman–Crippen LogP) is 7.03. The SMILES string of the molecule is C=C(/C=C\C(=C)C(=C)/C(F)=C\C(=C)OC)CCc1ccc(O)c(F)c1F.C=CC. The van der Waals surface area contributed by atoms with Gasteiger partial charge in [-0.15, -0.1) is 6.58 Å². The van der Waals surface area contributed by atoms with E-state index in [0.29, 0.717) is 17.6 Å². The normalized spacial score (nSPS) is 10.7. The van der Waals surface area contributed by atoms with Crippen molar-refractivity contribution >= 4 is 0 Å². The number of phenols is 1. The fourth-order valence-electron chi connectivity index (χ4n) is 1.91. The molecule has 0 saturated carbocycles. The van der Waals surface area contributed by atoms with Crippen molar-refractivity contribution in [3.63, 3.8) is 0 Å². The van der Waals surface area contributed by atoms with Gasteiger partial charge in [0.15, 0.2) is 11.6 Å². The maximum absolute atomic E-state index is 13.9. The Bertz CT molecular complexity index is 846. The summed E-state index contributed by atoms with van der Waals surface area (Å²) in [6.45, 7) is 19.9. The van der Waals surface area contributed by atoms with Crippen molar-refractivity contribution in [1.82, 2.24) is 0 Å². The molecule has 0 bridgehead atoms. The third-order valence-corrected chi connectivity index (χ3v) is 3.60. The smallest absolute Gasteiger partial charge is 0.200 e. The van der Waals surface area contributed by atoms with Crippen LogP contribution in [0.15, 0.2) is 97.6 Å². The highest BCUT2D eigenvalue weighted by atomic mass is 19.2. The first-order valence-corrected chi connectivity index (χ1v) is 8.66. The summed E-state index contributed by atoms with van der Waals surface area (Å²) in [5.41, 5.74) is 1.13. The Morgan fingerprint density at radius 1 is 1.10 bits per heavy atom. The molecule has 0 saturated heterocycles. The molecular formula is C24H27F3O2. The Kier molecular flexibility index (Phi) is 11.6. The van der Waals surface area contributed by atoms with E-state index < -0.39 is 23.2 Å². The number of phenolic OH excluding ortho intramolecular Hbond substituents is 1. The molecule has 1 rings (SSSR count). The van der Waals surface area contributed by atoms with E-state index >= 15 is 0 Å². The summed E-state index contributed by atoms with van der Waals surface area (Å²) in [6.07, 6.45) is 6.51. The number of hydrogen-bond donors (Lipinski definition) is 1. The molecule has 29 heavy (non-hydrogen) atoms. The number of ether oxygens (including phenoxy) is 1. The van der Waals surface area contributed by atoms with Crippen molar-refractivity contribution in [2.24, 2.45) is 0 Å². The number of halogens is 3. The van der Waals surface area contributed by atoms with Crippen LogP contribution in [0.2, 0.25) is 0 Å². The minimum Gasteiger partial charge on any atom is -0.505 e. The Balaban J connectivity index is 0.00000245. The van der Waals surface area contributed by atoms with Crippen LogP contribution in [0.1, 0.15) is 18.9 Å². The van der Waals surface area contributed by atoms with Crippen LogP contribution in [0.5, 0.6) is 5.75 Å². The van der Waals surface area contributed by atoms with Gasteiger partial charge in [0.05, 0.1) is 7.11 Å². The zero-order valence-corrected chi connectivity index (χ0v) is 16.9. The number of aromatic hydroxyl groups is 1. The molecule has 156 valence electrons. The van der Waals surface area contributed by atoms with E-state index in [1.807, 2.05) is 6.92 Å². The molecule has 0 aliphatic heterocycles. The lowest BCUT2D eigenvalue weighted by Gasteiger charge is -2.06. The molecule has 0 atom stereocenters. The number of methoxy groups -OCH3 is 1. The lowest BCUT2D eigenvalue weighted by atomic mass is 10.0. The fourth-order valence-corrected chi connectivity index (χ4v) is 1.91. The first kappa shape index (κ1) is 25.8. The Morgan fingerprint density at radius 3 is 2.24 bits per heavy atom. The number of hydrogen-bond acceptors (Lipinski definition) is 2. The van der Waals surface area contributed by atoms with Gasteiger partial charge < -0.3 is 9.84 Å². The number of benzene rings is 1. The molecule has 0 radical (unpaired) electrons. The summed E-state index contributed by atoms with van der Waals surface area (Å²) in [5.74, 6) is -3.56. The van der Waals surface area contributed by atoms with Gasteiger partial charge in [0.25, 0.3) is 0 Å². The molecule has 0 aliphatic rings. The summed E-state index contributed by atoms with van der Waals surface area (Å²) >= 11 is 0. The quantitative estimate of drug-likeness (QED) is 0.272. The minimum absolute atomic E-state index is 0.0684. The van der Waals surface area contributed by atoms with Crippen LogP contribution in [0.25, 0.3) is 0 Å². The maximum Gasteiger partial charge on any atom is 0.200 e. The minimum atomic E-state index is -1.27. The highest BCUT2D eigenvalue weighted by Crippen LogP contribution is 2.24. The van der Waals surface area contributed by atoms with Crippen LogP contribution in [-0.2, 0) is 11.2 Å². The van der Waals surface area contributed by atoms with Crippen LogP contribution < -0.4 is 0 Å². The molecule has 0 unspecified atom stereocenters. The van der Waals surface area contributed by atoms with Crippen LogP contribution >= 0.6 is 0 Å². The van der Waals surface area contributed by atoms with Gasteiger partial charge in [-0.1, -0.05) is 56.2 Å². The van der Waals surface area contributed by atoms with Crippen molar-refractivity contribution in [2.75, 3.05) is 7.11 Å². The van der Waals surface area contributed by atoms with Crippen molar-refractivity contribution < 1.29 is 23.0 Å². The first-order chi connectivity index (χ1) is 13.6. The molecule has 0 heterocycles. The summed E-state index contributed by atoms with van der Waals surface area (Å²) in [5, 5.41) is 9.10. The Morgan fingerprint density at radius 2 is 1.69 bits per heavy atom. The van der Waals surface area contributed by atoms with Gasteiger partial charge in [-0.05, 0) is 37.0 Å². The van der Waals surface area contributed by atoms with Crippen LogP contribution in [-0.4, -0.2) is 12.2 Å². The lowest BCUT2D eigenvalue weighted by molar-refractivity contribution is 0.307. The second-order valence-electron chi connectivity index (χ2n) is 5.94. The Hall–Kier alpha value is -3.21. The standard InChI is InChI=1S/C21H21F3O2.C3H6/c1-13(7-9-17-10-11-19(25)21(24)20(17)23)6-8-14(2)16(4)18(22)12-15(3)26-5;1-3-2/h6,8,10-12,25H,1-4,7,9H2,5H3;3H,1H2,2H3/b8-6-,18-12+;. The second-order valence-corrected chi connectivity index (χ2v) is 5.94. The van der Waals surface area contributed by atoms with Crippen LogP contribution in [0.4, 0.5) is 13.2 Å². The molecular weight excluding hydrogens is 377 g/mol. The van der Waals surface area contributed by atoms with E-state index in [-0.39, 0.29) is 23.3 Å². The Labute approximate surface area is 171 Å². The van der Waals surface area contributed by atoms with E-state index in [0.717, 1.165) is 12.1 Å². The molecule has 2 nitrogen and oxygen atoms in total. The van der Waals surface area contributed by atoms with Crippen molar-refractivity contribution in [1.29, 1.82) is 0 Å². The molecule has 0 fully saturated rings. The molecule has 5 heteroatoms. The van der Waals surface area contributed by atoms with Gasteiger partial charge in [0, 0.05) is 11.6 Å². The van der Waals surface area contributed by atoms with Gasteiger partial charge >= 0.3 is 0 Å². The monoisotopic (exact) mass is 404 g/mol. The number of rotatable bonds is 9. The van der Waals surface area contributed by atoms with E-state index in [4.69, 9.17) is 9.84 Å². The zero-order chi connectivity index (χ0) is 22.6. The van der Waals surface area contributed by atoms with Gasteiger partial charge in [0.1, 0.15) is 11.6 Å². The molecule has 1 aromatic rings. The van der Waals surface area contributed by atoms with Gasteiger partial charge in [-0.2, -0.15) is 4.39 Å². The summed E-state index contributed by atoms with van der Waals surface area (Å²) < 4.78 is 45.7. The van der Waals surface area contributed by atoms with Crippen LogP contribution in [0.3, 0.4) is 0 Å². The average Bonchev–Trinajstić information content (AvgIpc) is 2.69.